The maximum Gasteiger partial charge on any atom is 0.109 e. The van der Waals surface area contributed by atoms with Gasteiger partial charge >= 0.3 is 0 Å². The largest absolute Gasteiger partial charge is 0.396 e. The minimum Gasteiger partial charge on any atom is -0.396 e. The second kappa shape index (κ2) is 5.65. The van der Waals surface area contributed by atoms with Gasteiger partial charge in [-0.15, -0.1) is 0 Å². The van der Waals surface area contributed by atoms with E-state index in [9.17, 15) is 5.11 Å². The third-order valence-corrected chi connectivity index (χ3v) is 1.62. The Labute approximate surface area is 62.3 Å². The second-order valence-electron chi connectivity index (χ2n) is 2.21. The lowest BCUT2D eigenvalue weighted by Crippen LogP contribution is -2.35. The van der Waals surface area contributed by atoms with E-state index < -0.39 is 6.23 Å². The first-order chi connectivity index (χ1) is 4.76. The molecule has 1 atom stereocenters. The van der Waals surface area contributed by atoms with Gasteiger partial charge in [0.05, 0.1) is 0 Å². The topological polar surface area (TPSA) is 43.7 Å². The lowest BCUT2D eigenvalue weighted by molar-refractivity contribution is -0.00625. The highest BCUT2D eigenvalue weighted by atomic mass is 16.3. The number of aliphatic hydroxyl groups is 2. The zero-order valence-electron chi connectivity index (χ0n) is 6.75. The number of nitrogens with zero attached hydrogens (tertiary/aromatic N) is 1. The van der Waals surface area contributed by atoms with Crippen LogP contribution >= 0.6 is 0 Å². The van der Waals surface area contributed by atoms with Crippen molar-refractivity contribution in [1.29, 1.82) is 0 Å². The lowest BCUT2D eigenvalue weighted by Gasteiger charge is -2.23. The summed E-state index contributed by atoms with van der Waals surface area (Å²) in [6, 6.07) is 0. The summed E-state index contributed by atoms with van der Waals surface area (Å²) >= 11 is 0. The van der Waals surface area contributed by atoms with Crippen molar-refractivity contribution >= 4 is 0 Å². The quantitative estimate of drug-likeness (QED) is 0.539. The summed E-state index contributed by atoms with van der Waals surface area (Å²) in [7, 11) is 0. The minimum atomic E-state index is -0.472. The van der Waals surface area contributed by atoms with Gasteiger partial charge in [-0.05, 0) is 13.1 Å². The predicted octanol–water partition coefficient (Wildman–Crippen LogP) is 0.0290. The van der Waals surface area contributed by atoms with Crippen molar-refractivity contribution in [2.75, 3.05) is 19.7 Å². The molecule has 10 heavy (non-hydrogen) atoms. The molecule has 2 N–H and O–H groups in total. The minimum absolute atomic E-state index is 0.0532. The molecule has 0 heterocycles. The summed E-state index contributed by atoms with van der Waals surface area (Å²) in [6.45, 7) is 5.70. The Morgan fingerprint density at radius 1 is 1.30 bits per heavy atom. The van der Waals surface area contributed by atoms with Crippen LogP contribution in [0.1, 0.15) is 20.3 Å². The average molecular weight is 147 g/mol. The maximum atomic E-state index is 9.27. The second-order valence-corrected chi connectivity index (χ2v) is 2.21. The molecule has 3 nitrogen and oxygen atoms in total. The molecule has 0 aromatic rings. The van der Waals surface area contributed by atoms with Gasteiger partial charge in [-0.25, -0.2) is 0 Å². The van der Waals surface area contributed by atoms with E-state index in [1.54, 1.807) is 0 Å². The Morgan fingerprint density at radius 2 is 1.80 bits per heavy atom. The summed E-state index contributed by atoms with van der Waals surface area (Å²) in [5.41, 5.74) is 0. The number of rotatable bonds is 5. The number of aliphatic hydroxyl groups excluding tert-OH is 2. The van der Waals surface area contributed by atoms with Gasteiger partial charge in [0.1, 0.15) is 6.23 Å². The molecule has 0 amide bonds. The van der Waals surface area contributed by atoms with Crippen molar-refractivity contribution in [1.82, 2.24) is 4.90 Å². The van der Waals surface area contributed by atoms with Crippen molar-refractivity contribution in [3.8, 4) is 0 Å². The van der Waals surface area contributed by atoms with Crippen molar-refractivity contribution in [2.24, 2.45) is 0 Å². The highest BCUT2D eigenvalue weighted by Gasteiger charge is 2.09. The predicted molar refractivity (Wildman–Crippen MR) is 40.6 cm³/mol. The van der Waals surface area contributed by atoms with E-state index in [0.29, 0.717) is 6.42 Å². The van der Waals surface area contributed by atoms with Gasteiger partial charge in [0.25, 0.3) is 0 Å². The molecule has 0 aromatic heterocycles. The van der Waals surface area contributed by atoms with Gasteiger partial charge in [0, 0.05) is 13.0 Å². The van der Waals surface area contributed by atoms with Gasteiger partial charge in [0.2, 0.25) is 0 Å². The molecule has 0 spiro atoms. The molecule has 0 aliphatic heterocycles. The number of hydrogen-bond donors (Lipinski definition) is 2. The third-order valence-electron chi connectivity index (χ3n) is 1.62. The SMILES string of the molecule is CCN(CC)C(O)CCO. The summed E-state index contributed by atoms with van der Waals surface area (Å²) in [4.78, 5) is 1.90. The Bertz CT molecular complexity index is 74.0. The van der Waals surface area contributed by atoms with E-state index in [0.717, 1.165) is 13.1 Å². The third kappa shape index (κ3) is 3.15. The van der Waals surface area contributed by atoms with E-state index in [1.807, 2.05) is 18.7 Å². The Hall–Kier alpha value is -0.120. The van der Waals surface area contributed by atoms with Crippen LogP contribution in [0.25, 0.3) is 0 Å². The van der Waals surface area contributed by atoms with Gasteiger partial charge in [-0.2, -0.15) is 0 Å². The standard InChI is InChI=1S/C7H17NO2/c1-3-8(4-2)7(10)5-6-9/h7,9-10H,3-6H2,1-2H3. The number of hydrogen-bond acceptors (Lipinski definition) is 3. The first-order valence-electron chi connectivity index (χ1n) is 3.79. The van der Waals surface area contributed by atoms with Crippen molar-refractivity contribution in [2.45, 2.75) is 26.5 Å². The molecule has 62 valence electrons. The van der Waals surface area contributed by atoms with Crippen LogP contribution in [0.4, 0.5) is 0 Å². The summed E-state index contributed by atoms with van der Waals surface area (Å²) < 4.78 is 0. The highest BCUT2D eigenvalue weighted by molar-refractivity contribution is 4.56. The van der Waals surface area contributed by atoms with Crippen LogP contribution in [-0.4, -0.2) is 41.0 Å². The van der Waals surface area contributed by atoms with Gasteiger partial charge in [-0.1, -0.05) is 13.8 Å². The fourth-order valence-electron chi connectivity index (χ4n) is 0.943. The summed E-state index contributed by atoms with van der Waals surface area (Å²) in [6.07, 6.45) is -0.0261. The summed E-state index contributed by atoms with van der Waals surface area (Å²) in [5, 5.41) is 17.8. The molecule has 0 aliphatic carbocycles. The molecule has 0 saturated carbocycles. The van der Waals surface area contributed by atoms with Gasteiger partial charge in [-0.3, -0.25) is 4.90 Å². The van der Waals surface area contributed by atoms with Gasteiger partial charge < -0.3 is 10.2 Å². The molecule has 0 saturated heterocycles. The van der Waals surface area contributed by atoms with E-state index >= 15 is 0 Å². The molecule has 0 aliphatic rings. The Kier molecular flexibility index (Phi) is 5.58. The van der Waals surface area contributed by atoms with E-state index in [-0.39, 0.29) is 6.61 Å². The zero-order valence-corrected chi connectivity index (χ0v) is 6.75. The molecule has 1 unspecified atom stereocenters. The normalized spacial score (nSPS) is 14.1. The fourth-order valence-corrected chi connectivity index (χ4v) is 0.943. The molecule has 0 bridgehead atoms. The average Bonchev–Trinajstić information content (AvgIpc) is 1.91. The Balaban J connectivity index is 3.53. The van der Waals surface area contributed by atoms with Crippen LogP contribution in [0.15, 0.2) is 0 Å². The van der Waals surface area contributed by atoms with Crippen LogP contribution in [0.2, 0.25) is 0 Å². The molecular weight excluding hydrogens is 130 g/mol. The smallest absolute Gasteiger partial charge is 0.109 e. The van der Waals surface area contributed by atoms with Crippen molar-refractivity contribution in [3.63, 3.8) is 0 Å². The van der Waals surface area contributed by atoms with Crippen molar-refractivity contribution in [3.05, 3.63) is 0 Å². The van der Waals surface area contributed by atoms with Crippen LogP contribution in [0, 0.1) is 0 Å². The zero-order chi connectivity index (χ0) is 7.98. The fraction of sp³-hybridized carbons (Fsp3) is 1.00. The summed E-state index contributed by atoms with van der Waals surface area (Å²) in [5.74, 6) is 0. The van der Waals surface area contributed by atoms with Crippen molar-refractivity contribution < 1.29 is 10.2 Å². The van der Waals surface area contributed by atoms with E-state index in [2.05, 4.69) is 0 Å². The molecular formula is C7H17NO2. The molecule has 0 radical (unpaired) electrons. The van der Waals surface area contributed by atoms with Crippen LogP contribution < -0.4 is 0 Å². The molecule has 0 rings (SSSR count). The first kappa shape index (κ1) is 9.88. The van der Waals surface area contributed by atoms with Crippen LogP contribution in [0.3, 0.4) is 0 Å². The first-order valence-corrected chi connectivity index (χ1v) is 3.79. The van der Waals surface area contributed by atoms with Crippen LogP contribution in [0.5, 0.6) is 0 Å². The van der Waals surface area contributed by atoms with Crippen LogP contribution in [-0.2, 0) is 0 Å². The monoisotopic (exact) mass is 147 g/mol. The highest BCUT2D eigenvalue weighted by Crippen LogP contribution is 1.98. The lowest BCUT2D eigenvalue weighted by atomic mass is 10.3. The molecule has 3 heteroatoms. The van der Waals surface area contributed by atoms with Gasteiger partial charge in [0.15, 0.2) is 0 Å². The van der Waals surface area contributed by atoms with E-state index in [4.69, 9.17) is 5.11 Å². The maximum absolute atomic E-state index is 9.27. The van der Waals surface area contributed by atoms with E-state index in [1.165, 1.54) is 0 Å². The molecule has 0 aromatic carbocycles. The Morgan fingerprint density at radius 3 is 2.10 bits per heavy atom. The molecule has 0 fully saturated rings.